The molecule has 3 aromatic rings. The number of aromatic nitrogens is 4. The highest BCUT2D eigenvalue weighted by molar-refractivity contribution is 7.98. The van der Waals surface area contributed by atoms with E-state index in [1.165, 1.54) is 22.4 Å². The Hall–Kier alpha value is -1.61. The summed E-state index contributed by atoms with van der Waals surface area (Å²) in [4.78, 5) is 11.9. The minimum absolute atomic E-state index is 0.269. The monoisotopic (exact) mass is 316 g/mol. The summed E-state index contributed by atoms with van der Waals surface area (Å²) >= 11 is 2.03. The van der Waals surface area contributed by atoms with Gasteiger partial charge in [-0.15, -0.1) is 11.8 Å². The fourth-order valence-corrected chi connectivity index (χ4v) is 2.86. The quantitative estimate of drug-likeness (QED) is 0.535. The van der Waals surface area contributed by atoms with Crippen molar-refractivity contribution in [2.24, 2.45) is 0 Å². The molecule has 0 atom stereocenters. The number of alkyl halides is 3. The molecule has 0 saturated carbocycles. The molecule has 0 N–H and O–H groups in total. The van der Waals surface area contributed by atoms with Gasteiger partial charge in [0.2, 0.25) is 0 Å². The molecule has 0 fully saturated rings. The summed E-state index contributed by atoms with van der Waals surface area (Å²) in [6.07, 6.45) is 1.57. The van der Waals surface area contributed by atoms with Crippen molar-refractivity contribution in [2.75, 3.05) is 6.26 Å². The Bertz CT molecular complexity index is 762. The van der Waals surface area contributed by atoms with Crippen molar-refractivity contribution in [3.8, 4) is 11.5 Å². The maximum Gasteiger partial charge on any atom is 0.427 e. The Kier molecular flexibility index (Phi) is 3.17. The summed E-state index contributed by atoms with van der Waals surface area (Å²) in [7, 11) is 0. The lowest BCUT2D eigenvalue weighted by Crippen LogP contribution is -2.01. The van der Waals surface area contributed by atoms with E-state index in [1.807, 2.05) is 6.26 Å². The van der Waals surface area contributed by atoms with Crippen LogP contribution in [0.5, 0.6) is 0 Å². The zero-order chi connectivity index (χ0) is 14.3. The van der Waals surface area contributed by atoms with Gasteiger partial charge < -0.3 is 0 Å². The van der Waals surface area contributed by atoms with Crippen LogP contribution in [0.1, 0.15) is 4.88 Å². The molecule has 0 aliphatic rings. The number of thioether (sulfide) groups is 1. The first-order chi connectivity index (χ1) is 9.49. The van der Waals surface area contributed by atoms with Crippen LogP contribution in [0, 0.1) is 0 Å². The molecule has 0 aromatic carbocycles. The van der Waals surface area contributed by atoms with Gasteiger partial charge in [0.1, 0.15) is 10.6 Å². The van der Waals surface area contributed by atoms with Gasteiger partial charge in [-0.25, -0.2) is 15.0 Å². The van der Waals surface area contributed by atoms with Gasteiger partial charge in [0.15, 0.2) is 10.8 Å². The van der Waals surface area contributed by atoms with Crippen LogP contribution in [-0.4, -0.2) is 25.6 Å². The zero-order valence-corrected chi connectivity index (χ0v) is 11.7. The number of thiazole rings is 1. The molecular formula is C11H7F3N4S2. The first-order valence-electron chi connectivity index (χ1n) is 5.40. The number of rotatable bonds is 2. The molecule has 0 bridgehead atoms. The summed E-state index contributed by atoms with van der Waals surface area (Å²) < 4.78 is 39.4. The second-order valence-corrected chi connectivity index (χ2v) is 5.65. The van der Waals surface area contributed by atoms with E-state index in [1.54, 1.807) is 12.3 Å². The van der Waals surface area contributed by atoms with E-state index in [9.17, 15) is 13.2 Å². The summed E-state index contributed by atoms with van der Waals surface area (Å²) in [5.74, 6) is 0.357. The highest BCUT2D eigenvalue weighted by atomic mass is 32.2. The Balaban J connectivity index is 2.14. The third kappa shape index (κ3) is 2.27. The fourth-order valence-electron chi connectivity index (χ4n) is 1.66. The van der Waals surface area contributed by atoms with Crippen molar-refractivity contribution in [1.29, 1.82) is 0 Å². The van der Waals surface area contributed by atoms with Crippen molar-refractivity contribution in [3.05, 3.63) is 29.5 Å². The Morgan fingerprint density at radius 3 is 2.80 bits per heavy atom. The fraction of sp³-hybridized carbons (Fsp3) is 0.182. The molecular weight excluding hydrogens is 309 g/mol. The average molecular weight is 316 g/mol. The van der Waals surface area contributed by atoms with Crippen LogP contribution in [0.4, 0.5) is 13.2 Å². The molecule has 0 saturated heterocycles. The normalized spacial score (nSPS) is 12.2. The number of hydrogen-bond acceptors (Lipinski definition) is 5. The van der Waals surface area contributed by atoms with Crippen LogP contribution < -0.4 is 0 Å². The second kappa shape index (κ2) is 4.74. The van der Waals surface area contributed by atoms with E-state index in [2.05, 4.69) is 15.0 Å². The standard InChI is InChI=1S/C11H7F3N4S2/c1-19-8-2-3-15-9(17-8)6-4-16-10-18(6)5-7(20-10)11(12,13)14/h2-5H,1H3. The first-order valence-corrected chi connectivity index (χ1v) is 7.44. The lowest BCUT2D eigenvalue weighted by molar-refractivity contribution is -0.134. The predicted octanol–water partition coefficient (Wildman–Crippen LogP) is 3.59. The molecule has 0 amide bonds. The van der Waals surface area contributed by atoms with Crippen molar-refractivity contribution in [1.82, 2.24) is 19.4 Å². The van der Waals surface area contributed by atoms with Gasteiger partial charge in [-0.2, -0.15) is 13.2 Å². The van der Waals surface area contributed by atoms with Gasteiger partial charge in [0, 0.05) is 12.4 Å². The van der Waals surface area contributed by atoms with E-state index in [0.717, 1.165) is 11.2 Å². The van der Waals surface area contributed by atoms with Gasteiger partial charge >= 0.3 is 6.18 Å². The summed E-state index contributed by atoms with van der Waals surface area (Å²) in [5.41, 5.74) is 0.447. The van der Waals surface area contributed by atoms with Gasteiger partial charge in [-0.05, 0) is 12.3 Å². The largest absolute Gasteiger partial charge is 0.427 e. The topological polar surface area (TPSA) is 43.1 Å². The number of imidazole rings is 1. The number of hydrogen-bond donors (Lipinski definition) is 0. The molecule has 3 rings (SSSR count). The molecule has 0 radical (unpaired) electrons. The van der Waals surface area contributed by atoms with E-state index < -0.39 is 11.1 Å². The maximum atomic E-state index is 12.7. The lowest BCUT2D eigenvalue weighted by atomic mass is 10.4. The third-order valence-electron chi connectivity index (χ3n) is 2.56. The van der Waals surface area contributed by atoms with Gasteiger partial charge in [0.25, 0.3) is 0 Å². The summed E-state index contributed by atoms with van der Waals surface area (Å²) in [6.45, 7) is 0. The first kappa shape index (κ1) is 13.4. The van der Waals surface area contributed by atoms with Crippen molar-refractivity contribution < 1.29 is 13.2 Å². The van der Waals surface area contributed by atoms with E-state index >= 15 is 0 Å². The Morgan fingerprint density at radius 2 is 2.10 bits per heavy atom. The third-order valence-corrected chi connectivity index (χ3v) is 4.25. The molecule has 3 aromatic heterocycles. The second-order valence-electron chi connectivity index (χ2n) is 3.81. The Morgan fingerprint density at radius 1 is 1.30 bits per heavy atom. The van der Waals surface area contributed by atoms with Gasteiger partial charge in [-0.3, -0.25) is 4.40 Å². The number of fused-ring (bicyclic) bond motifs is 1. The zero-order valence-electron chi connectivity index (χ0n) is 10.0. The molecule has 0 aliphatic carbocycles. The van der Waals surface area contributed by atoms with Crippen molar-refractivity contribution in [3.63, 3.8) is 0 Å². The van der Waals surface area contributed by atoms with E-state index in [4.69, 9.17) is 0 Å². The smallest absolute Gasteiger partial charge is 0.287 e. The summed E-state index contributed by atoms with van der Waals surface area (Å²) in [5, 5.41) is 0.747. The Labute approximate surface area is 119 Å². The van der Waals surface area contributed by atoms with Crippen molar-refractivity contribution >= 4 is 28.1 Å². The molecule has 3 heterocycles. The molecule has 0 spiro atoms. The molecule has 20 heavy (non-hydrogen) atoms. The minimum atomic E-state index is -4.37. The summed E-state index contributed by atoms with van der Waals surface area (Å²) in [6, 6.07) is 1.74. The molecule has 4 nitrogen and oxygen atoms in total. The maximum absolute atomic E-state index is 12.7. The highest BCUT2D eigenvalue weighted by Crippen LogP contribution is 2.36. The van der Waals surface area contributed by atoms with Crippen molar-refractivity contribution in [2.45, 2.75) is 11.2 Å². The average Bonchev–Trinajstić information content (AvgIpc) is 2.97. The van der Waals surface area contributed by atoms with Crippen LogP contribution in [0.3, 0.4) is 0 Å². The van der Waals surface area contributed by atoms with Crippen LogP contribution in [0.2, 0.25) is 0 Å². The number of nitrogens with zero attached hydrogens (tertiary/aromatic N) is 4. The van der Waals surface area contributed by atoms with Gasteiger partial charge in [-0.1, -0.05) is 11.3 Å². The predicted molar refractivity (Wildman–Crippen MR) is 70.9 cm³/mol. The van der Waals surface area contributed by atoms with E-state index in [0.29, 0.717) is 22.9 Å². The lowest BCUT2D eigenvalue weighted by Gasteiger charge is -2.01. The SMILES string of the molecule is CSc1ccnc(-c2cnc3sc(C(F)(F)F)cn23)n1. The molecule has 0 aliphatic heterocycles. The van der Waals surface area contributed by atoms with Crippen LogP contribution in [0.25, 0.3) is 16.5 Å². The van der Waals surface area contributed by atoms with Crippen LogP contribution >= 0.6 is 23.1 Å². The minimum Gasteiger partial charge on any atom is -0.287 e. The van der Waals surface area contributed by atoms with Gasteiger partial charge in [0.05, 0.1) is 11.2 Å². The number of halogens is 3. The molecule has 9 heteroatoms. The molecule has 0 unspecified atom stereocenters. The highest BCUT2D eigenvalue weighted by Gasteiger charge is 2.34. The van der Waals surface area contributed by atoms with E-state index in [-0.39, 0.29) is 4.96 Å². The molecule has 104 valence electrons. The van der Waals surface area contributed by atoms with Crippen LogP contribution in [-0.2, 0) is 6.18 Å². The van der Waals surface area contributed by atoms with Crippen LogP contribution in [0.15, 0.2) is 29.7 Å².